The van der Waals surface area contributed by atoms with Crippen LogP contribution in [-0.4, -0.2) is 17.9 Å². The molecule has 0 aliphatic carbocycles. The summed E-state index contributed by atoms with van der Waals surface area (Å²) >= 11 is 4.64. The number of rotatable bonds is 5. The fourth-order valence-corrected chi connectivity index (χ4v) is 1.14. The van der Waals surface area contributed by atoms with E-state index >= 15 is 0 Å². The van der Waals surface area contributed by atoms with Gasteiger partial charge in [0, 0.05) is 5.56 Å². The molecule has 90 valence electrons. The van der Waals surface area contributed by atoms with Crippen LogP contribution in [0, 0.1) is 0 Å². The lowest BCUT2D eigenvalue weighted by Crippen LogP contribution is -2.24. The van der Waals surface area contributed by atoms with Crippen LogP contribution in [0.25, 0.3) is 0 Å². The first-order chi connectivity index (χ1) is 8.09. The molecule has 0 radical (unpaired) electrons. The van der Waals surface area contributed by atoms with E-state index in [9.17, 15) is 0 Å². The van der Waals surface area contributed by atoms with Crippen LogP contribution in [0.2, 0.25) is 0 Å². The third kappa shape index (κ3) is 5.12. The predicted molar refractivity (Wildman–Crippen MR) is 74.3 cm³/mol. The van der Waals surface area contributed by atoms with Gasteiger partial charge < -0.3 is 10.5 Å². The Balaban J connectivity index is 2.73. The maximum absolute atomic E-state index is 5.57. The van der Waals surface area contributed by atoms with Crippen LogP contribution < -0.4 is 15.9 Å². The summed E-state index contributed by atoms with van der Waals surface area (Å²) in [5, 5.41) is 4.01. The van der Waals surface area contributed by atoms with Gasteiger partial charge in [0.1, 0.15) is 12.4 Å². The summed E-state index contributed by atoms with van der Waals surface area (Å²) in [4.78, 5) is 0. The van der Waals surface area contributed by atoms with Crippen LogP contribution in [0.15, 0.2) is 41.5 Å². The fraction of sp³-hybridized carbons (Fsp3) is 0.167. The predicted octanol–water partition coefficient (Wildman–Crippen LogP) is 1.81. The highest BCUT2D eigenvalue weighted by molar-refractivity contribution is 7.80. The number of nitrogens with zero attached hydrogens (tertiary/aromatic N) is 1. The van der Waals surface area contributed by atoms with E-state index in [4.69, 9.17) is 10.5 Å². The topological polar surface area (TPSA) is 59.6 Å². The molecule has 0 saturated carbocycles. The second-order valence-corrected chi connectivity index (χ2v) is 3.96. The van der Waals surface area contributed by atoms with Gasteiger partial charge in [-0.2, -0.15) is 5.10 Å². The van der Waals surface area contributed by atoms with Gasteiger partial charge in [0.25, 0.3) is 0 Å². The molecule has 0 aromatic heterocycles. The van der Waals surface area contributed by atoms with Crippen molar-refractivity contribution in [1.82, 2.24) is 5.43 Å². The number of hydrogen-bond donors (Lipinski definition) is 2. The van der Waals surface area contributed by atoms with E-state index in [1.165, 1.54) is 0 Å². The molecule has 0 aliphatic heterocycles. The maximum atomic E-state index is 5.57. The Labute approximate surface area is 106 Å². The van der Waals surface area contributed by atoms with E-state index < -0.39 is 0 Å². The van der Waals surface area contributed by atoms with Gasteiger partial charge in [-0.05, 0) is 36.8 Å². The zero-order valence-corrected chi connectivity index (χ0v) is 10.5. The van der Waals surface area contributed by atoms with Gasteiger partial charge in [0.2, 0.25) is 0 Å². The van der Waals surface area contributed by atoms with E-state index in [0.717, 1.165) is 16.9 Å². The molecule has 17 heavy (non-hydrogen) atoms. The van der Waals surface area contributed by atoms with Gasteiger partial charge in [-0.15, -0.1) is 0 Å². The first-order valence-electron chi connectivity index (χ1n) is 5.04. The molecule has 0 unspecified atom stereocenters. The third-order valence-corrected chi connectivity index (χ3v) is 1.86. The summed E-state index contributed by atoms with van der Waals surface area (Å²) in [5.41, 5.74) is 9.55. The molecule has 0 aliphatic rings. The zero-order chi connectivity index (χ0) is 12.7. The van der Waals surface area contributed by atoms with E-state index in [1.54, 1.807) is 6.21 Å². The summed E-state index contributed by atoms with van der Waals surface area (Å²) in [6.45, 7) is 6.17. The average Bonchev–Trinajstić information content (AvgIpc) is 2.27. The SMILES string of the molecule is C=C(C)COc1ccccc1C=NNC(N)=S. The van der Waals surface area contributed by atoms with Gasteiger partial charge in [-0.1, -0.05) is 18.7 Å². The highest BCUT2D eigenvalue weighted by Crippen LogP contribution is 2.16. The minimum absolute atomic E-state index is 0.126. The molecule has 0 bridgehead atoms. The summed E-state index contributed by atoms with van der Waals surface area (Å²) in [5.74, 6) is 0.740. The molecule has 0 spiro atoms. The first-order valence-corrected chi connectivity index (χ1v) is 5.45. The molecule has 1 aromatic rings. The van der Waals surface area contributed by atoms with Crippen molar-refractivity contribution in [2.45, 2.75) is 6.92 Å². The van der Waals surface area contributed by atoms with Crippen molar-refractivity contribution in [3.05, 3.63) is 42.0 Å². The van der Waals surface area contributed by atoms with Crippen molar-refractivity contribution in [3.8, 4) is 5.75 Å². The highest BCUT2D eigenvalue weighted by Gasteiger charge is 2.00. The summed E-state index contributed by atoms with van der Waals surface area (Å²) in [6.07, 6.45) is 1.60. The third-order valence-electron chi connectivity index (χ3n) is 1.77. The monoisotopic (exact) mass is 249 g/mol. The number of hydrazone groups is 1. The van der Waals surface area contributed by atoms with Gasteiger partial charge in [0.15, 0.2) is 5.11 Å². The molecule has 0 saturated heterocycles. The first kappa shape index (κ1) is 13.2. The minimum atomic E-state index is 0.126. The Kier molecular flexibility index (Phi) is 5.16. The largest absolute Gasteiger partial charge is 0.489 e. The van der Waals surface area contributed by atoms with Crippen LogP contribution in [-0.2, 0) is 0 Å². The average molecular weight is 249 g/mol. The zero-order valence-electron chi connectivity index (χ0n) is 9.64. The van der Waals surface area contributed by atoms with Gasteiger partial charge in [-0.3, -0.25) is 5.43 Å². The Morgan fingerprint density at radius 1 is 1.59 bits per heavy atom. The van der Waals surface area contributed by atoms with E-state index in [1.807, 2.05) is 31.2 Å². The molecule has 4 nitrogen and oxygen atoms in total. The van der Waals surface area contributed by atoms with Crippen LogP contribution >= 0.6 is 12.2 Å². The van der Waals surface area contributed by atoms with Crippen molar-refractivity contribution in [3.63, 3.8) is 0 Å². The second-order valence-electron chi connectivity index (χ2n) is 3.52. The molecule has 3 N–H and O–H groups in total. The van der Waals surface area contributed by atoms with Crippen molar-refractivity contribution in [1.29, 1.82) is 0 Å². The van der Waals surface area contributed by atoms with Gasteiger partial charge >= 0.3 is 0 Å². The van der Waals surface area contributed by atoms with Gasteiger partial charge in [-0.25, -0.2) is 0 Å². The Morgan fingerprint density at radius 2 is 2.29 bits per heavy atom. The Morgan fingerprint density at radius 3 is 2.94 bits per heavy atom. The summed E-state index contributed by atoms with van der Waals surface area (Å²) < 4.78 is 5.57. The molecular formula is C12H15N3OS. The van der Waals surface area contributed by atoms with Crippen molar-refractivity contribution in [2.75, 3.05) is 6.61 Å². The molecule has 0 heterocycles. The molecule has 1 rings (SSSR count). The quantitative estimate of drug-likeness (QED) is 0.361. The number of benzene rings is 1. The maximum Gasteiger partial charge on any atom is 0.184 e. The summed E-state index contributed by atoms with van der Waals surface area (Å²) in [6, 6.07) is 7.55. The molecular weight excluding hydrogens is 234 g/mol. The lowest BCUT2D eigenvalue weighted by Gasteiger charge is -2.08. The van der Waals surface area contributed by atoms with Gasteiger partial charge in [0.05, 0.1) is 6.21 Å². The van der Waals surface area contributed by atoms with E-state index in [0.29, 0.717) is 6.61 Å². The van der Waals surface area contributed by atoms with E-state index in [2.05, 4.69) is 29.3 Å². The summed E-state index contributed by atoms with van der Waals surface area (Å²) in [7, 11) is 0. The Bertz CT molecular complexity index is 443. The lowest BCUT2D eigenvalue weighted by atomic mass is 10.2. The standard InChI is InChI=1S/C12H15N3OS/c1-9(2)8-16-11-6-4-3-5-10(11)7-14-15-12(13)17/h3-7H,1,8H2,2H3,(H3,13,15,17). The van der Waals surface area contributed by atoms with Crippen molar-refractivity contribution in [2.24, 2.45) is 10.8 Å². The molecule has 0 amide bonds. The molecule has 1 aromatic carbocycles. The molecule has 0 fully saturated rings. The van der Waals surface area contributed by atoms with Crippen molar-refractivity contribution >= 4 is 23.5 Å². The normalized spacial score (nSPS) is 10.2. The Hall–Kier alpha value is -1.88. The van der Waals surface area contributed by atoms with Crippen LogP contribution in [0.1, 0.15) is 12.5 Å². The number of nitrogens with two attached hydrogens (primary N) is 1. The fourth-order valence-electron chi connectivity index (χ4n) is 1.09. The smallest absolute Gasteiger partial charge is 0.184 e. The van der Waals surface area contributed by atoms with Crippen molar-refractivity contribution < 1.29 is 4.74 Å². The highest BCUT2D eigenvalue weighted by atomic mass is 32.1. The number of para-hydroxylation sites is 1. The van der Waals surface area contributed by atoms with Crippen LogP contribution in [0.3, 0.4) is 0 Å². The van der Waals surface area contributed by atoms with E-state index in [-0.39, 0.29) is 5.11 Å². The second kappa shape index (κ2) is 6.65. The number of thiocarbonyl (C=S) groups is 1. The number of nitrogens with one attached hydrogen (secondary N) is 1. The van der Waals surface area contributed by atoms with Crippen LogP contribution in [0.5, 0.6) is 5.75 Å². The lowest BCUT2D eigenvalue weighted by molar-refractivity contribution is 0.352. The minimum Gasteiger partial charge on any atom is -0.489 e. The molecule has 5 heteroatoms. The number of hydrogen-bond acceptors (Lipinski definition) is 3. The molecule has 0 atom stereocenters. The van der Waals surface area contributed by atoms with Crippen LogP contribution in [0.4, 0.5) is 0 Å². The number of ether oxygens (including phenoxy) is 1.